The Bertz CT molecular complexity index is 232. The molecule has 1 amide bonds. The fraction of sp³-hybridized carbons (Fsp3) is 0.778. The molecule has 1 fully saturated rings. The maximum Gasteiger partial charge on any atom is 0.230 e. The van der Waals surface area contributed by atoms with E-state index in [2.05, 4.69) is 0 Å². The van der Waals surface area contributed by atoms with Gasteiger partial charge in [-0.05, 0) is 18.4 Å². The first-order chi connectivity index (χ1) is 6.69. The predicted molar refractivity (Wildman–Crippen MR) is 55.2 cm³/mol. The molecule has 1 N–H and O–H groups in total. The van der Waals surface area contributed by atoms with E-state index in [1.165, 1.54) is 4.90 Å². The first-order valence-electron chi connectivity index (χ1n) is 4.60. The Balaban J connectivity index is 2.51. The maximum absolute atomic E-state index is 11.3. The number of aliphatic hydroxyl groups excluding tert-OH is 1. The number of nitrogens with zero attached hydrogens (tertiary/aromatic N) is 1. The fourth-order valence-electron chi connectivity index (χ4n) is 1.54. The Labute approximate surface area is 87.7 Å². The normalized spacial score (nSPS) is 19.1. The number of hydrogen-bond acceptors (Lipinski definition) is 4. The lowest BCUT2D eigenvalue weighted by Gasteiger charge is -2.24. The molecule has 0 aromatic heterocycles. The van der Waals surface area contributed by atoms with Gasteiger partial charge in [0.15, 0.2) is 5.78 Å². The van der Waals surface area contributed by atoms with Crippen LogP contribution in [0.2, 0.25) is 0 Å². The van der Waals surface area contributed by atoms with Crippen LogP contribution in [0.3, 0.4) is 0 Å². The maximum atomic E-state index is 11.3. The highest BCUT2D eigenvalue weighted by molar-refractivity contribution is 7.98. The van der Waals surface area contributed by atoms with Crippen molar-refractivity contribution in [3.63, 3.8) is 0 Å². The Morgan fingerprint density at radius 3 is 2.71 bits per heavy atom. The van der Waals surface area contributed by atoms with Crippen molar-refractivity contribution in [1.82, 2.24) is 4.90 Å². The van der Waals surface area contributed by atoms with Crippen molar-refractivity contribution in [2.24, 2.45) is 0 Å². The Hall–Kier alpha value is -0.550. The molecule has 1 aliphatic heterocycles. The molecule has 0 spiro atoms. The Morgan fingerprint density at radius 1 is 1.57 bits per heavy atom. The molecule has 1 aliphatic rings. The standard InChI is InChI=1S/C9H15NO3S/c1-14-3-2-7(6-11)10-5-8(12)4-9(10)13/h7,11H,2-6H2,1H3/t7-/m0/s1. The number of ketones is 1. The number of amides is 1. The number of hydrogen-bond donors (Lipinski definition) is 1. The summed E-state index contributed by atoms with van der Waals surface area (Å²) in [5, 5.41) is 9.10. The van der Waals surface area contributed by atoms with E-state index >= 15 is 0 Å². The van der Waals surface area contributed by atoms with Gasteiger partial charge in [-0.15, -0.1) is 0 Å². The highest BCUT2D eigenvalue weighted by Crippen LogP contribution is 2.14. The van der Waals surface area contributed by atoms with Gasteiger partial charge in [0.05, 0.1) is 25.6 Å². The third-order valence-corrected chi connectivity index (χ3v) is 2.97. The zero-order valence-electron chi connectivity index (χ0n) is 8.23. The van der Waals surface area contributed by atoms with Crippen LogP contribution in [0.15, 0.2) is 0 Å². The van der Waals surface area contributed by atoms with Crippen molar-refractivity contribution in [3.05, 3.63) is 0 Å². The van der Waals surface area contributed by atoms with Gasteiger partial charge in [0, 0.05) is 0 Å². The summed E-state index contributed by atoms with van der Waals surface area (Å²) in [6.45, 7) is 0.123. The molecule has 0 aromatic carbocycles. The van der Waals surface area contributed by atoms with Crippen LogP contribution in [0.4, 0.5) is 0 Å². The van der Waals surface area contributed by atoms with Gasteiger partial charge in [-0.2, -0.15) is 11.8 Å². The van der Waals surface area contributed by atoms with E-state index < -0.39 is 0 Å². The second kappa shape index (κ2) is 5.36. The molecule has 1 rings (SSSR count). The topological polar surface area (TPSA) is 57.6 Å². The van der Waals surface area contributed by atoms with E-state index in [1.54, 1.807) is 11.8 Å². The summed E-state index contributed by atoms with van der Waals surface area (Å²) in [4.78, 5) is 23.8. The number of carbonyl (C=O) groups excluding carboxylic acids is 2. The number of Topliss-reactive ketones (excluding diaryl/α,β-unsaturated/α-hetero) is 1. The van der Waals surface area contributed by atoms with Crippen molar-refractivity contribution in [2.45, 2.75) is 18.9 Å². The van der Waals surface area contributed by atoms with E-state index in [0.717, 1.165) is 12.2 Å². The van der Waals surface area contributed by atoms with Crippen LogP contribution in [-0.2, 0) is 9.59 Å². The van der Waals surface area contributed by atoms with Crippen molar-refractivity contribution in [1.29, 1.82) is 0 Å². The van der Waals surface area contributed by atoms with Gasteiger partial charge < -0.3 is 10.0 Å². The van der Waals surface area contributed by atoms with Gasteiger partial charge in [-0.25, -0.2) is 0 Å². The van der Waals surface area contributed by atoms with Crippen LogP contribution in [0.25, 0.3) is 0 Å². The second-order valence-corrected chi connectivity index (χ2v) is 4.34. The summed E-state index contributed by atoms with van der Waals surface area (Å²) in [6.07, 6.45) is 2.73. The molecular formula is C9H15NO3S. The van der Waals surface area contributed by atoms with E-state index in [1.807, 2.05) is 6.26 Å². The minimum atomic E-state index is -0.179. The molecule has 5 heteroatoms. The number of thioether (sulfide) groups is 1. The molecule has 0 saturated carbocycles. The van der Waals surface area contributed by atoms with Crippen molar-refractivity contribution < 1.29 is 14.7 Å². The fourth-order valence-corrected chi connectivity index (χ4v) is 2.04. The minimum Gasteiger partial charge on any atom is -0.394 e. The largest absolute Gasteiger partial charge is 0.394 e. The van der Waals surface area contributed by atoms with Gasteiger partial charge in [0.1, 0.15) is 0 Å². The summed E-state index contributed by atoms with van der Waals surface area (Å²) < 4.78 is 0. The van der Waals surface area contributed by atoms with E-state index in [0.29, 0.717) is 0 Å². The van der Waals surface area contributed by atoms with Gasteiger partial charge in [0.25, 0.3) is 0 Å². The molecule has 4 nitrogen and oxygen atoms in total. The second-order valence-electron chi connectivity index (χ2n) is 3.35. The van der Waals surface area contributed by atoms with E-state index in [9.17, 15) is 9.59 Å². The zero-order valence-corrected chi connectivity index (χ0v) is 9.05. The van der Waals surface area contributed by atoms with Gasteiger partial charge in [0.2, 0.25) is 5.91 Å². The predicted octanol–water partition coefficient (Wildman–Crippen LogP) is -0.0982. The third kappa shape index (κ3) is 2.72. The first-order valence-corrected chi connectivity index (χ1v) is 5.99. The molecule has 0 radical (unpaired) electrons. The Kier molecular flexibility index (Phi) is 4.41. The van der Waals surface area contributed by atoms with Crippen molar-refractivity contribution in [3.8, 4) is 0 Å². The SMILES string of the molecule is CSCC[C@@H](CO)N1CC(=O)CC1=O. The van der Waals surface area contributed by atoms with Gasteiger partial charge >= 0.3 is 0 Å². The number of aliphatic hydroxyl groups is 1. The molecule has 1 heterocycles. The zero-order chi connectivity index (χ0) is 10.6. The monoisotopic (exact) mass is 217 g/mol. The summed E-state index contributed by atoms with van der Waals surface area (Å²) in [5.74, 6) is 0.705. The molecule has 0 bridgehead atoms. The average Bonchev–Trinajstić information content (AvgIpc) is 2.47. The summed E-state index contributed by atoms with van der Waals surface area (Å²) in [7, 11) is 0. The average molecular weight is 217 g/mol. The summed E-state index contributed by atoms with van der Waals surface area (Å²) >= 11 is 1.67. The molecule has 0 aromatic rings. The lowest BCUT2D eigenvalue weighted by molar-refractivity contribution is -0.130. The Morgan fingerprint density at radius 2 is 2.29 bits per heavy atom. The lowest BCUT2D eigenvalue weighted by atomic mass is 10.2. The first kappa shape index (κ1) is 11.5. The highest BCUT2D eigenvalue weighted by Gasteiger charge is 2.32. The quantitative estimate of drug-likeness (QED) is 0.653. The van der Waals surface area contributed by atoms with Crippen molar-refractivity contribution >= 4 is 23.5 Å². The van der Waals surface area contributed by atoms with Crippen LogP contribution < -0.4 is 0 Å². The molecule has 0 aliphatic carbocycles. The number of rotatable bonds is 5. The van der Waals surface area contributed by atoms with E-state index in [-0.39, 0.29) is 37.3 Å². The molecule has 1 atom stereocenters. The summed E-state index contributed by atoms with van der Waals surface area (Å²) in [6, 6.07) is -0.179. The minimum absolute atomic E-state index is 0.00969. The van der Waals surface area contributed by atoms with Gasteiger partial charge in [-0.1, -0.05) is 0 Å². The van der Waals surface area contributed by atoms with Crippen LogP contribution >= 0.6 is 11.8 Å². The highest BCUT2D eigenvalue weighted by atomic mass is 32.2. The van der Waals surface area contributed by atoms with Crippen molar-refractivity contribution in [2.75, 3.05) is 25.2 Å². The van der Waals surface area contributed by atoms with E-state index in [4.69, 9.17) is 5.11 Å². The molecule has 80 valence electrons. The van der Waals surface area contributed by atoms with Crippen LogP contribution in [0, 0.1) is 0 Å². The lowest BCUT2D eigenvalue weighted by Crippen LogP contribution is -2.39. The number of carbonyl (C=O) groups is 2. The van der Waals surface area contributed by atoms with Crippen LogP contribution in [0.5, 0.6) is 0 Å². The molecule has 1 saturated heterocycles. The third-order valence-electron chi connectivity index (χ3n) is 2.32. The van der Waals surface area contributed by atoms with Gasteiger partial charge in [-0.3, -0.25) is 9.59 Å². The molecule has 14 heavy (non-hydrogen) atoms. The smallest absolute Gasteiger partial charge is 0.230 e. The molecular weight excluding hydrogens is 202 g/mol. The number of likely N-dealkylation sites (tertiary alicyclic amines) is 1. The summed E-state index contributed by atoms with van der Waals surface area (Å²) in [5.41, 5.74) is 0. The van der Waals surface area contributed by atoms with Crippen LogP contribution in [0.1, 0.15) is 12.8 Å². The van der Waals surface area contributed by atoms with Crippen LogP contribution in [-0.4, -0.2) is 52.9 Å². The molecule has 0 unspecified atom stereocenters.